The van der Waals surface area contributed by atoms with Crippen molar-refractivity contribution in [3.05, 3.63) is 51.9 Å². The van der Waals surface area contributed by atoms with E-state index in [1.165, 1.54) is 0 Å². The van der Waals surface area contributed by atoms with Gasteiger partial charge in [0.25, 0.3) is 0 Å². The highest BCUT2D eigenvalue weighted by Crippen LogP contribution is 2.39. The minimum atomic E-state index is -0.345. The quantitative estimate of drug-likeness (QED) is 0.817. The molecule has 0 bridgehead atoms. The summed E-state index contributed by atoms with van der Waals surface area (Å²) in [5, 5.41) is 25.6. The Morgan fingerprint density at radius 3 is 2.20 bits per heavy atom. The van der Waals surface area contributed by atoms with Gasteiger partial charge in [-0.25, -0.2) is 0 Å². The molecule has 1 aromatic carbocycles. The van der Waals surface area contributed by atoms with Crippen molar-refractivity contribution in [1.29, 1.82) is 10.5 Å². The molecule has 1 aliphatic heterocycles. The number of hydrogen-bond donors (Lipinski definition) is 2. The van der Waals surface area contributed by atoms with Crippen molar-refractivity contribution < 1.29 is 0 Å². The van der Waals surface area contributed by atoms with Crippen LogP contribution in [0.25, 0.3) is 0 Å². The molecule has 0 aromatic heterocycles. The van der Waals surface area contributed by atoms with Crippen molar-refractivity contribution in [2.75, 3.05) is 12.4 Å². The maximum atomic E-state index is 9.64. The van der Waals surface area contributed by atoms with Crippen molar-refractivity contribution in [1.82, 2.24) is 5.32 Å². The molecule has 2 rings (SSSR count). The lowest BCUT2D eigenvalue weighted by atomic mass is 9.80. The molecule has 0 spiro atoms. The van der Waals surface area contributed by atoms with Gasteiger partial charge in [0.15, 0.2) is 0 Å². The van der Waals surface area contributed by atoms with Gasteiger partial charge in [-0.2, -0.15) is 10.5 Å². The summed E-state index contributed by atoms with van der Waals surface area (Å²) in [6, 6.07) is 10.6. The molecule has 0 amide bonds. The third-order valence-corrected chi connectivity index (χ3v) is 4.51. The van der Waals surface area contributed by atoms with Gasteiger partial charge in [0.2, 0.25) is 0 Å². The molecule has 1 aromatic rings. The topological polar surface area (TPSA) is 71.6 Å². The molecule has 126 valence electrons. The zero-order valence-electron chi connectivity index (χ0n) is 15.3. The standard InChI is InChI=1S/C21H22N4/c1-6-7-13(2)17-10-16(8-9-20(17)24-5)21-18(11-22)14(3)25-15(4)19(21)12-23/h8-10,13,21,24-25H,1-5H3. The van der Waals surface area contributed by atoms with Gasteiger partial charge in [-0.3, -0.25) is 0 Å². The lowest BCUT2D eigenvalue weighted by Gasteiger charge is -2.27. The Balaban J connectivity index is 2.68. The van der Waals surface area contributed by atoms with E-state index < -0.39 is 0 Å². The van der Waals surface area contributed by atoms with Gasteiger partial charge < -0.3 is 10.6 Å². The fourth-order valence-electron chi connectivity index (χ4n) is 3.26. The number of rotatable bonds is 3. The van der Waals surface area contributed by atoms with Crippen LogP contribution in [-0.2, 0) is 0 Å². The van der Waals surface area contributed by atoms with Crippen LogP contribution in [0, 0.1) is 34.5 Å². The van der Waals surface area contributed by atoms with E-state index >= 15 is 0 Å². The zero-order valence-corrected chi connectivity index (χ0v) is 15.3. The fraction of sp³-hybridized carbons (Fsp3) is 0.333. The Bertz CT molecular complexity index is 859. The van der Waals surface area contributed by atoms with Crippen LogP contribution >= 0.6 is 0 Å². The van der Waals surface area contributed by atoms with Gasteiger partial charge in [-0.05, 0) is 44.9 Å². The zero-order chi connectivity index (χ0) is 18.6. The summed E-state index contributed by atoms with van der Waals surface area (Å²) in [7, 11) is 1.88. The maximum Gasteiger partial charge on any atom is 0.0975 e. The van der Waals surface area contributed by atoms with Gasteiger partial charge in [0, 0.05) is 30.0 Å². The van der Waals surface area contributed by atoms with Crippen LogP contribution in [0.5, 0.6) is 0 Å². The molecule has 0 saturated heterocycles. The first-order chi connectivity index (χ1) is 12.0. The molecule has 4 heteroatoms. The summed E-state index contributed by atoms with van der Waals surface area (Å²) < 4.78 is 0. The van der Waals surface area contributed by atoms with Crippen LogP contribution in [0.2, 0.25) is 0 Å². The summed E-state index contributed by atoms with van der Waals surface area (Å²) in [5.41, 5.74) is 5.77. The van der Waals surface area contributed by atoms with Gasteiger partial charge in [0.05, 0.1) is 29.2 Å². The minimum absolute atomic E-state index is 0.0559. The van der Waals surface area contributed by atoms with E-state index in [1.807, 2.05) is 40.0 Å². The Morgan fingerprint density at radius 2 is 1.72 bits per heavy atom. The van der Waals surface area contributed by atoms with E-state index in [0.717, 1.165) is 28.2 Å². The molecule has 0 aliphatic carbocycles. The maximum absolute atomic E-state index is 9.64. The molecule has 0 radical (unpaired) electrons. The third kappa shape index (κ3) is 3.37. The summed E-state index contributed by atoms with van der Waals surface area (Å²) in [4.78, 5) is 0. The van der Waals surface area contributed by atoms with Crippen LogP contribution in [0.1, 0.15) is 50.7 Å². The second-order valence-electron chi connectivity index (χ2n) is 6.07. The Morgan fingerprint density at radius 1 is 1.12 bits per heavy atom. The first kappa shape index (κ1) is 18.2. The van der Waals surface area contributed by atoms with E-state index in [4.69, 9.17) is 0 Å². The van der Waals surface area contributed by atoms with E-state index in [9.17, 15) is 10.5 Å². The molecule has 1 atom stereocenters. The lowest BCUT2D eigenvalue weighted by Crippen LogP contribution is -2.23. The van der Waals surface area contributed by atoms with Crippen molar-refractivity contribution in [2.24, 2.45) is 0 Å². The molecule has 25 heavy (non-hydrogen) atoms. The summed E-state index contributed by atoms with van der Waals surface area (Å²) in [5.74, 6) is 5.85. The second kappa shape index (κ2) is 7.61. The highest BCUT2D eigenvalue weighted by Gasteiger charge is 2.29. The minimum Gasteiger partial charge on any atom is -0.388 e. The summed E-state index contributed by atoms with van der Waals surface area (Å²) >= 11 is 0. The number of dihydropyridines is 1. The van der Waals surface area contributed by atoms with Crippen LogP contribution in [0.15, 0.2) is 40.7 Å². The molecule has 1 aliphatic rings. The summed E-state index contributed by atoms with van der Waals surface area (Å²) in [6.45, 7) is 7.62. The number of anilines is 1. The predicted molar refractivity (Wildman–Crippen MR) is 100 cm³/mol. The molecular formula is C21H22N4. The Kier molecular flexibility index (Phi) is 5.53. The number of allylic oxidation sites excluding steroid dienone is 4. The predicted octanol–water partition coefficient (Wildman–Crippen LogP) is 4.14. The van der Waals surface area contributed by atoms with Crippen molar-refractivity contribution in [3.63, 3.8) is 0 Å². The number of benzene rings is 1. The molecule has 4 nitrogen and oxygen atoms in total. The van der Waals surface area contributed by atoms with Crippen molar-refractivity contribution >= 4 is 5.69 Å². The van der Waals surface area contributed by atoms with Gasteiger partial charge in [-0.1, -0.05) is 18.1 Å². The van der Waals surface area contributed by atoms with Gasteiger partial charge in [-0.15, -0.1) is 5.92 Å². The van der Waals surface area contributed by atoms with E-state index in [2.05, 4.69) is 47.6 Å². The molecule has 1 heterocycles. The number of hydrogen-bond acceptors (Lipinski definition) is 4. The summed E-state index contributed by atoms with van der Waals surface area (Å²) in [6.07, 6.45) is 0. The normalized spacial score (nSPS) is 15.5. The SMILES string of the molecule is CC#CC(C)c1cc(C2C(C#N)=C(C)NC(C)=C2C#N)ccc1NC. The largest absolute Gasteiger partial charge is 0.388 e. The highest BCUT2D eigenvalue weighted by molar-refractivity contribution is 5.61. The first-order valence-corrected chi connectivity index (χ1v) is 8.21. The van der Waals surface area contributed by atoms with Crippen LogP contribution in [0.3, 0.4) is 0 Å². The Labute approximate surface area is 149 Å². The molecule has 0 fully saturated rings. The van der Waals surface area contributed by atoms with E-state index in [-0.39, 0.29) is 11.8 Å². The third-order valence-electron chi connectivity index (χ3n) is 4.51. The van der Waals surface area contributed by atoms with Crippen molar-refractivity contribution in [2.45, 2.75) is 39.5 Å². The molecule has 2 N–H and O–H groups in total. The highest BCUT2D eigenvalue weighted by atomic mass is 14.9. The molecular weight excluding hydrogens is 308 g/mol. The van der Waals surface area contributed by atoms with Crippen LogP contribution in [-0.4, -0.2) is 7.05 Å². The Hall–Kier alpha value is -3.16. The second-order valence-corrected chi connectivity index (χ2v) is 6.07. The van der Waals surface area contributed by atoms with Gasteiger partial charge >= 0.3 is 0 Å². The molecule has 0 saturated carbocycles. The smallest absolute Gasteiger partial charge is 0.0975 e. The monoisotopic (exact) mass is 330 g/mol. The van der Waals surface area contributed by atoms with E-state index in [1.54, 1.807) is 0 Å². The lowest BCUT2D eigenvalue weighted by molar-refractivity contribution is 0.812. The molecule has 1 unspecified atom stereocenters. The average Bonchev–Trinajstić information content (AvgIpc) is 2.60. The first-order valence-electron chi connectivity index (χ1n) is 8.21. The van der Waals surface area contributed by atoms with Crippen molar-refractivity contribution in [3.8, 4) is 24.0 Å². The van der Waals surface area contributed by atoms with Crippen LogP contribution in [0.4, 0.5) is 5.69 Å². The van der Waals surface area contributed by atoms with Gasteiger partial charge in [0.1, 0.15) is 0 Å². The van der Waals surface area contributed by atoms with E-state index in [0.29, 0.717) is 11.1 Å². The average molecular weight is 330 g/mol. The number of nitriles is 2. The van der Waals surface area contributed by atoms with Crippen LogP contribution < -0.4 is 10.6 Å². The number of nitrogens with zero attached hydrogens (tertiary/aromatic N) is 2. The fourth-order valence-corrected chi connectivity index (χ4v) is 3.26. The number of nitrogens with one attached hydrogen (secondary N) is 2.